The Morgan fingerprint density at radius 1 is 1.44 bits per heavy atom. The van der Waals surface area contributed by atoms with Gasteiger partial charge in [-0.1, -0.05) is 0 Å². The van der Waals surface area contributed by atoms with Gasteiger partial charge in [-0.2, -0.15) is 0 Å². The van der Waals surface area contributed by atoms with Crippen LogP contribution < -0.4 is 11.5 Å². The molecule has 0 saturated carbocycles. The van der Waals surface area contributed by atoms with E-state index in [1.54, 1.807) is 6.92 Å². The van der Waals surface area contributed by atoms with Crippen molar-refractivity contribution in [1.82, 2.24) is 9.80 Å². The summed E-state index contributed by atoms with van der Waals surface area (Å²) < 4.78 is 0. The summed E-state index contributed by atoms with van der Waals surface area (Å²) >= 11 is 0. The van der Waals surface area contributed by atoms with Crippen molar-refractivity contribution in [2.75, 3.05) is 33.2 Å². The van der Waals surface area contributed by atoms with Crippen molar-refractivity contribution in [3.63, 3.8) is 0 Å². The molecule has 18 heavy (non-hydrogen) atoms. The van der Waals surface area contributed by atoms with E-state index in [0.29, 0.717) is 12.5 Å². The molecule has 0 aromatic rings. The van der Waals surface area contributed by atoms with E-state index in [9.17, 15) is 4.79 Å². The summed E-state index contributed by atoms with van der Waals surface area (Å²) in [6.45, 7) is 8.37. The Labute approximate surface area is 110 Å². The van der Waals surface area contributed by atoms with E-state index in [-0.39, 0.29) is 0 Å². The van der Waals surface area contributed by atoms with Gasteiger partial charge in [0.05, 0.1) is 5.54 Å². The van der Waals surface area contributed by atoms with Crippen LogP contribution in [0.15, 0.2) is 0 Å². The van der Waals surface area contributed by atoms with Crippen LogP contribution in [0.25, 0.3) is 0 Å². The van der Waals surface area contributed by atoms with E-state index < -0.39 is 11.4 Å². The largest absolute Gasteiger partial charge is 0.368 e. The van der Waals surface area contributed by atoms with Crippen LogP contribution in [0.3, 0.4) is 0 Å². The highest BCUT2D eigenvalue weighted by molar-refractivity contribution is 5.83. The Balaban J connectivity index is 2.36. The first-order valence-electron chi connectivity index (χ1n) is 6.84. The van der Waals surface area contributed by atoms with Gasteiger partial charge in [-0.3, -0.25) is 9.69 Å². The van der Waals surface area contributed by atoms with E-state index >= 15 is 0 Å². The predicted molar refractivity (Wildman–Crippen MR) is 74.2 cm³/mol. The number of rotatable bonds is 5. The third-order valence-electron chi connectivity index (χ3n) is 3.89. The SMILES string of the molecule is CC1CN(C)CCCN1CCCC(C)(N)C(N)=O. The second-order valence-electron chi connectivity index (χ2n) is 5.89. The van der Waals surface area contributed by atoms with Gasteiger partial charge in [-0.15, -0.1) is 0 Å². The van der Waals surface area contributed by atoms with E-state index in [1.807, 2.05) is 0 Å². The average molecular weight is 256 g/mol. The zero-order chi connectivity index (χ0) is 13.8. The van der Waals surface area contributed by atoms with Crippen molar-refractivity contribution in [2.45, 2.75) is 44.7 Å². The van der Waals surface area contributed by atoms with Gasteiger partial charge in [0.1, 0.15) is 0 Å². The molecule has 0 radical (unpaired) electrons. The number of carbonyl (C=O) groups is 1. The van der Waals surface area contributed by atoms with Crippen molar-refractivity contribution in [2.24, 2.45) is 11.5 Å². The highest BCUT2D eigenvalue weighted by Crippen LogP contribution is 2.13. The number of likely N-dealkylation sites (N-methyl/N-ethyl adjacent to an activating group) is 1. The van der Waals surface area contributed by atoms with Crippen LogP contribution in [0.4, 0.5) is 0 Å². The summed E-state index contributed by atoms with van der Waals surface area (Å²) in [7, 11) is 2.17. The standard InChI is InChI=1S/C13H28N4O/c1-11-10-16(3)7-5-9-17(11)8-4-6-13(2,15)12(14)18/h11H,4-10,15H2,1-3H3,(H2,14,18). The van der Waals surface area contributed by atoms with Crippen molar-refractivity contribution >= 4 is 5.91 Å². The lowest BCUT2D eigenvalue weighted by Crippen LogP contribution is -2.49. The Morgan fingerprint density at radius 3 is 2.72 bits per heavy atom. The van der Waals surface area contributed by atoms with Gasteiger partial charge < -0.3 is 16.4 Å². The van der Waals surface area contributed by atoms with E-state index in [2.05, 4.69) is 23.8 Å². The number of nitrogens with two attached hydrogens (primary N) is 2. The second-order valence-corrected chi connectivity index (χ2v) is 5.89. The van der Waals surface area contributed by atoms with E-state index in [1.165, 1.54) is 6.42 Å². The molecular formula is C13H28N4O. The summed E-state index contributed by atoms with van der Waals surface area (Å²) in [6.07, 6.45) is 2.78. The number of hydrogen-bond acceptors (Lipinski definition) is 4. The van der Waals surface area contributed by atoms with E-state index in [4.69, 9.17) is 11.5 Å². The van der Waals surface area contributed by atoms with Crippen molar-refractivity contribution in [3.05, 3.63) is 0 Å². The molecule has 0 bridgehead atoms. The predicted octanol–water partition coefficient (Wildman–Crippen LogP) is -0.00470. The monoisotopic (exact) mass is 256 g/mol. The molecule has 1 rings (SSSR count). The van der Waals surface area contributed by atoms with Crippen LogP contribution in [-0.4, -0.2) is 60.5 Å². The Kier molecular flexibility index (Phi) is 5.56. The molecule has 0 aromatic heterocycles. The van der Waals surface area contributed by atoms with Gasteiger partial charge in [-0.05, 0) is 59.8 Å². The molecule has 1 amide bonds. The van der Waals surface area contributed by atoms with Crippen molar-refractivity contribution < 1.29 is 4.79 Å². The molecular weight excluding hydrogens is 228 g/mol. The van der Waals surface area contributed by atoms with Crippen LogP contribution in [0.5, 0.6) is 0 Å². The van der Waals surface area contributed by atoms with Gasteiger partial charge in [-0.25, -0.2) is 0 Å². The van der Waals surface area contributed by atoms with Crippen LogP contribution in [0, 0.1) is 0 Å². The Morgan fingerprint density at radius 2 is 2.11 bits per heavy atom. The first-order valence-corrected chi connectivity index (χ1v) is 6.84. The summed E-state index contributed by atoms with van der Waals surface area (Å²) in [4.78, 5) is 16.0. The molecule has 0 aliphatic carbocycles. The van der Waals surface area contributed by atoms with Crippen LogP contribution in [0.1, 0.15) is 33.1 Å². The maximum absolute atomic E-state index is 11.1. The van der Waals surface area contributed by atoms with Crippen molar-refractivity contribution in [1.29, 1.82) is 0 Å². The first-order chi connectivity index (χ1) is 8.33. The van der Waals surface area contributed by atoms with Gasteiger partial charge >= 0.3 is 0 Å². The maximum Gasteiger partial charge on any atom is 0.237 e. The van der Waals surface area contributed by atoms with Gasteiger partial charge in [0.15, 0.2) is 0 Å². The number of nitrogens with zero attached hydrogens (tertiary/aromatic N) is 2. The molecule has 1 fully saturated rings. The zero-order valence-electron chi connectivity index (χ0n) is 12.0. The second kappa shape index (κ2) is 6.50. The molecule has 106 valence electrons. The van der Waals surface area contributed by atoms with Crippen LogP contribution >= 0.6 is 0 Å². The normalized spacial score (nSPS) is 26.6. The molecule has 1 aliphatic heterocycles. The lowest BCUT2D eigenvalue weighted by Gasteiger charge is -2.29. The molecule has 0 spiro atoms. The average Bonchev–Trinajstić information content (AvgIpc) is 2.40. The minimum absolute atomic E-state index is 0.411. The topological polar surface area (TPSA) is 75.6 Å². The zero-order valence-corrected chi connectivity index (χ0v) is 12.0. The Bertz CT molecular complexity index is 280. The van der Waals surface area contributed by atoms with Crippen molar-refractivity contribution in [3.8, 4) is 0 Å². The summed E-state index contributed by atoms with van der Waals surface area (Å²) in [5, 5.41) is 0. The smallest absolute Gasteiger partial charge is 0.237 e. The minimum Gasteiger partial charge on any atom is -0.368 e. The van der Waals surface area contributed by atoms with Crippen LogP contribution in [-0.2, 0) is 4.79 Å². The number of hydrogen-bond donors (Lipinski definition) is 2. The Hall–Kier alpha value is -0.650. The summed E-state index contributed by atoms with van der Waals surface area (Å²) in [5.41, 5.74) is 10.3. The highest BCUT2D eigenvalue weighted by Gasteiger charge is 2.26. The summed E-state index contributed by atoms with van der Waals surface area (Å²) in [6, 6.07) is 0.565. The molecule has 1 saturated heterocycles. The maximum atomic E-state index is 11.1. The molecule has 1 aliphatic rings. The number of amides is 1. The lowest BCUT2D eigenvalue weighted by atomic mass is 9.96. The third kappa shape index (κ3) is 4.55. The fraction of sp³-hybridized carbons (Fsp3) is 0.923. The fourth-order valence-electron chi connectivity index (χ4n) is 2.53. The molecule has 4 N–H and O–H groups in total. The molecule has 0 aromatic carbocycles. The number of carbonyl (C=O) groups excluding carboxylic acids is 1. The van der Waals surface area contributed by atoms with E-state index in [0.717, 1.165) is 32.6 Å². The number of primary amides is 1. The lowest BCUT2D eigenvalue weighted by molar-refractivity contribution is -0.122. The molecule has 5 nitrogen and oxygen atoms in total. The van der Waals surface area contributed by atoms with Gasteiger partial charge in [0.2, 0.25) is 5.91 Å². The first kappa shape index (κ1) is 15.4. The quantitative estimate of drug-likeness (QED) is 0.726. The molecule has 2 atom stereocenters. The minimum atomic E-state index is -0.869. The highest BCUT2D eigenvalue weighted by atomic mass is 16.1. The van der Waals surface area contributed by atoms with Crippen LogP contribution in [0.2, 0.25) is 0 Å². The summed E-state index contributed by atoms with van der Waals surface area (Å²) in [5.74, 6) is -0.411. The van der Waals surface area contributed by atoms with Gasteiger partial charge in [0.25, 0.3) is 0 Å². The fourth-order valence-corrected chi connectivity index (χ4v) is 2.53. The molecule has 2 unspecified atom stereocenters. The molecule has 1 heterocycles. The van der Waals surface area contributed by atoms with Gasteiger partial charge in [0, 0.05) is 12.6 Å². The molecule has 5 heteroatoms. The third-order valence-corrected chi connectivity index (χ3v) is 3.89.